The molecule has 1 atom stereocenters. The van der Waals surface area contributed by atoms with Crippen molar-refractivity contribution in [2.75, 3.05) is 13.7 Å². The van der Waals surface area contributed by atoms with Crippen molar-refractivity contribution in [2.45, 2.75) is 63.8 Å². The third kappa shape index (κ3) is 7.74. The molecule has 6 nitrogen and oxygen atoms in total. The first kappa shape index (κ1) is 22.4. The number of unbranched alkanes of at least 4 members (excludes halogenated alkanes) is 3. The predicted octanol–water partition coefficient (Wildman–Crippen LogP) is 3.08. The molecule has 0 bridgehead atoms. The Morgan fingerprint density at radius 3 is 2.31 bits per heavy atom. The highest BCUT2D eigenvalue weighted by molar-refractivity contribution is 7.89. The van der Waals surface area contributed by atoms with E-state index in [2.05, 4.69) is 17.0 Å². The van der Waals surface area contributed by atoms with E-state index in [9.17, 15) is 13.2 Å². The number of benzene rings is 1. The minimum Gasteiger partial charge on any atom is -0.497 e. The molecule has 0 saturated carbocycles. The van der Waals surface area contributed by atoms with Gasteiger partial charge in [-0.1, -0.05) is 40.0 Å². The van der Waals surface area contributed by atoms with Crippen molar-refractivity contribution in [2.24, 2.45) is 5.92 Å². The summed E-state index contributed by atoms with van der Waals surface area (Å²) in [6.07, 6.45) is 4.47. The first-order valence-electron chi connectivity index (χ1n) is 9.23. The number of methoxy groups -OCH3 is 1. The van der Waals surface area contributed by atoms with Gasteiger partial charge in [-0.3, -0.25) is 4.79 Å². The molecule has 7 heteroatoms. The van der Waals surface area contributed by atoms with Crippen molar-refractivity contribution in [3.8, 4) is 5.75 Å². The summed E-state index contributed by atoms with van der Waals surface area (Å²) in [6.45, 7) is 6.57. The van der Waals surface area contributed by atoms with Crippen molar-refractivity contribution in [3.63, 3.8) is 0 Å². The van der Waals surface area contributed by atoms with Crippen LogP contribution in [-0.4, -0.2) is 34.0 Å². The third-order valence-electron chi connectivity index (χ3n) is 4.24. The molecule has 0 heterocycles. The normalized spacial score (nSPS) is 12.8. The monoisotopic (exact) mass is 384 g/mol. The van der Waals surface area contributed by atoms with Crippen LogP contribution >= 0.6 is 0 Å². The molecule has 1 aromatic rings. The molecule has 1 amide bonds. The highest BCUT2D eigenvalue weighted by Crippen LogP contribution is 2.17. The number of amides is 1. The summed E-state index contributed by atoms with van der Waals surface area (Å²) >= 11 is 0. The van der Waals surface area contributed by atoms with E-state index in [0.717, 1.165) is 25.7 Å². The van der Waals surface area contributed by atoms with Gasteiger partial charge in [0, 0.05) is 19.0 Å². The van der Waals surface area contributed by atoms with Crippen molar-refractivity contribution < 1.29 is 17.9 Å². The van der Waals surface area contributed by atoms with Crippen LogP contribution in [0.5, 0.6) is 5.75 Å². The molecule has 0 fully saturated rings. The van der Waals surface area contributed by atoms with Crippen LogP contribution < -0.4 is 14.8 Å². The van der Waals surface area contributed by atoms with Crippen LogP contribution in [0.25, 0.3) is 0 Å². The van der Waals surface area contributed by atoms with Crippen molar-refractivity contribution in [1.82, 2.24) is 10.0 Å². The maximum Gasteiger partial charge on any atom is 0.240 e. The molecule has 1 aromatic carbocycles. The fourth-order valence-electron chi connectivity index (χ4n) is 2.49. The number of sulfonamides is 1. The maximum atomic E-state index is 12.6. The van der Waals surface area contributed by atoms with Gasteiger partial charge in [-0.25, -0.2) is 13.1 Å². The zero-order valence-electron chi connectivity index (χ0n) is 16.2. The summed E-state index contributed by atoms with van der Waals surface area (Å²) in [5.74, 6) is 0.457. The van der Waals surface area contributed by atoms with Crippen LogP contribution in [0.1, 0.15) is 52.9 Å². The van der Waals surface area contributed by atoms with Gasteiger partial charge in [-0.15, -0.1) is 0 Å². The lowest BCUT2D eigenvalue weighted by Crippen LogP contribution is -2.42. The van der Waals surface area contributed by atoms with Gasteiger partial charge in [0.25, 0.3) is 0 Å². The molecule has 0 aliphatic carbocycles. The summed E-state index contributed by atoms with van der Waals surface area (Å²) in [5.41, 5.74) is 0. The lowest BCUT2D eigenvalue weighted by molar-refractivity contribution is -0.121. The molecule has 0 spiro atoms. The molecule has 0 saturated heterocycles. The molecule has 0 radical (unpaired) electrons. The second-order valence-corrected chi connectivity index (χ2v) is 8.48. The van der Waals surface area contributed by atoms with Crippen molar-refractivity contribution in [3.05, 3.63) is 24.3 Å². The van der Waals surface area contributed by atoms with Gasteiger partial charge in [-0.05, 0) is 36.6 Å². The zero-order valence-corrected chi connectivity index (χ0v) is 17.1. The Hall–Kier alpha value is -1.60. The number of hydrogen-bond donors (Lipinski definition) is 2. The van der Waals surface area contributed by atoms with Crippen molar-refractivity contribution >= 4 is 15.9 Å². The van der Waals surface area contributed by atoms with Gasteiger partial charge < -0.3 is 10.1 Å². The van der Waals surface area contributed by atoms with Gasteiger partial charge in [0.15, 0.2) is 0 Å². The Morgan fingerprint density at radius 1 is 1.12 bits per heavy atom. The molecular formula is C19H32N2O4S. The smallest absolute Gasteiger partial charge is 0.240 e. The summed E-state index contributed by atoms with van der Waals surface area (Å²) in [6, 6.07) is 5.72. The summed E-state index contributed by atoms with van der Waals surface area (Å²) < 4.78 is 32.9. The molecule has 0 unspecified atom stereocenters. The minimum atomic E-state index is -3.69. The molecule has 26 heavy (non-hydrogen) atoms. The molecule has 0 aliphatic rings. The summed E-state index contributed by atoms with van der Waals surface area (Å²) in [4.78, 5) is 12.3. The van der Waals surface area contributed by atoms with Crippen LogP contribution in [0.15, 0.2) is 29.2 Å². The Bertz CT molecular complexity index is 642. The zero-order chi connectivity index (χ0) is 19.6. The first-order valence-corrected chi connectivity index (χ1v) is 10.7. The van der Waals surface area contributed by atoms with Crippen molar-refractivity contribution in [1.29, 1.82) is 0 Å². The number of carbonyl (C=O) groups is 1. The number of rotatable bonds is 12. The maximum absolute atomic E-state index is 12.6. The van der Waals surface area contributed by atoms with E-state index >= 15 is 0 Å². The summed E-state index contributed by atoms with van der Waals surface area (Å²) in [7, 11) is -2.17. The van der Waals surface area contributed by atoms with E-state index in [4.69, 9.17) is 4.74 Å². The van der Waals surface area contributed by atoms with Gasteiger partial charge in [0.2, 0.25) is 15.9 Å². The SMILES string of the molecule is CCCCCCNC(=O)C[C@H](NS(=O)(=O)c1ccc(OC)cc1)C(C)C. The number of ether oxygens (including phenoxy) is 1. The van der Waals surface area contributed by atoms with Crippen LogP contribution in [0, 0.1) is 5.92 Å². The number of nitrogens with one attached hydrogen (secondary N) is 2. The largest absolute Gasteiger partial charge is 0.497 e. The number of carbonyl (C=O) groups excluding carboxylic acids is 1. The Morgan fingerprint density at radius 2 is 1.77 bits per heavy atom. The summed E-state index contributed by atoms with van der Waals surface area (Å²) in [5, 5.41) is 2.88. The quantitative estimate of drug-likeness (QED) is 0.542. The Balaban J connectivity index is 2.64. The standard InChI is InChI=1S/C19H32N2O4S/c1-5-6-7-8-13-20-19(22)14-18(15(2)3)21-26(23,24)17-11-9-16(25-4)10-12-17/h9-12,15,18,21H,5-8,13-14H2,1-4H3,(H,20,22)/t18-/m0/s1. The molecule has 1 rings (SSSR count). The van der Waals surface area contributed by atoms with E-state index in [-0.39, 0.29) is 23.1 Å². The highest BCUT2D eigenvalue weighted by atomic mass is 32.2. The highest BCUT2D eigenvalue weighted by Gasteiger charge is 2.24. The van der Waals surface area contributed by atoms with E-state index in [1.54, 1.807) is 12.1 Å². The van der Waals surface area contributed by atoms with Gasteiger partial charge in [0.1, 0.15) is 5.75 Å². The van der Waals surface area contributed by atoms with Crippen LogP contribution in [0.4, 0.5) is 0 Å². The second kappa shape index (κ2) is 11.2. The molecule has 0 aliphatic heterocycles. The van der Waals surface area contributed by atoms with E-state index in [1.165, 1.54) is 19.2 Å². The van der Waals surface area contributed by atoms with E-state index in [1.807, 2.05) is 13.8 Å². The van der Waals surface area contributed by atoms with Crippen LogP contribution in [0.3, 0.4) is 0 Å². The first-order chi connectivity index (χ1) is 12.3. The molecule has 0 aromatic heterocycles. The topological polar surface area (TPSA) is 84.5 Å². The van der Waals surface area contributed by atoms with Crippen LogP contribution in [-0.2, 0) is 14.8 Å². The predicted molar refractivity (Wildman–Crippen MR) is 104 cm³/mol. The van der Waals surface area contributed by atoms with Gasteiger partial charge >= 0.3 is 0 Å². The Labute approximate surface area is 157 Å². The van der Waals surface area contributed by atoms with E-state index in [0.29, 0.717) is 12.3 Å². The fraction of sp³-hybridized carbons (Fsp3) is 0.632. The fourth-order valence-corrected chi connectivity index (χ4v) is 3.87. The average molecular weight is 385 g/mol. The average Bonchev–Trinajstić information content (AvgIpc) is 2.60. The third-order valence-corrected chi connectivity index (χ3v) is 5.74. The molecule has 148 valence electrons. The van der Waals surface area contributed by atoms with Crippen LogP contribution in [0.2, 0.25) is 0 Å². The molecule has 2 N–H and O–H groups in total. The lowest BCUT2D eigenvalue weighted by atomic mass is 10.0. The van der Waals surface area contributed by atoms with E-state index < -0.39 is 16.1 Å². The lowest BCUT2D eigenvalue weighted by Gasteiger charge is -2.22. The second-order valence-electron chi connectivity index (χ2n) is 6.76. The van der Waals surface area contributed by atoms with Gasteiger partial charge in [-0.2, -0.15) is 0 Å². The minimum absolute atomic E-state index is 0.00568. The molecular weight excluding hydrogens is 352 g/mol. The number of hydrogen-bond acceptors (Lipinski definition) is 4. The Kier molecular flexibility index (Phi) is 9.65. The van der Waals surface area contributed by atoms with Gasteiger partial charge in [0.05, 0.1) is 12.0 Å².